The maximum atomic E-state index is 6.01. The van der Waals surface area contributed by atoms with Crippen LogP contribution in [0.2, 0.25) is 12.1 Å². The van der Waals surface area contributed by atoms with E-state index in [4.69, 9.17) is 46.4 Å². The topological polar surface area (TPSA) is 92.3 Å². The fourth-order valence-electron chi connectivity index (χ4n) is 7.49. The Morgan fingerprint density at radius 1 is 0.414 bits per heavy atom. The third kappa shape index (κ3) is 33.6. The van der Waals surface area contributed by atoms with Crippen molar-refractivity contribution in [2.75, 3.05) is 66.1 Å². The summed E-state index contributed by atoms with van der Waals surface area (Å²) in [5.41, 5.74) is 0. The Morgan fingerprint density at radius 3 is 1.16 bits per heavy atom. The van der Waals surface area contributed by atoms with Crippen LogP contribution in [-0.4, -0.2) is 103 Å². The Labute approximate surface area is 364 Å². The fraction of sp³-hybridized carbons (Fsp3) is 1.00. The molecule has 0 fully saturated rings. The van der Waals surface area contributed by atoms with Crippen molar-refractivity contribution in [2.45, 2.75) is 228 Å². The van der Waals surface area contributed by atoms with Crippen LogP contribution in [0.4, 0.5) is 0 Å². The summed E-state index contributed by atoms with van der Waals surface area (Å²) in [5.74, 6) is -0.294. The van der Waals surface area contributed by atoms with E-state index in [1.165, 1.54) is 109 Å². The van der Waals surface area contributed by atoms with Gasteiger partial charge in [0.05, 0.1) is 9.52 Å². The van der Waals surface area contributed by atoms with Crippen molar-refractivity contribution in [2.24, 2.45) is 5.92 Å². The van der Waals surface area contributed by atoms with Gasteiger partial charge in [-0.1, -0.05) is 109 Å². The molecule has 0 N–H and O–H groups in total. The molecule has 0 radical (unpaired) electrons. The molecular weight excluding hydrogens is 769 g/mol. The first-order chi connectivity index (χ1) is 28.3. The summed E-state index contributed by atoms with van der Waals surface area (Å²) < 4.78 is 58.3. The van der Waals surface area contributed by atoms with Gasteiger partial charge in [0.2, 0.25) is 0 Å². The second-order valence-corrected chi connectivity index (χ2v) is 19.5. The van der Waals surface area contributed by atoms with Gasteiger partial charge in [-0.25, -0.2) is 0 Å². The number of hydrogen-bond donors (Lipinski definition) is 0. The molecule has 0 aliphatic rings. The Bertz CT molecular complexity index is 754. The molecular formula is C46H100O10Si2. The first-order valence-corrected chi connectivity index (χ1v) is 28.3. The molecule has 0 aliphatic carbocycles. The van der Waals surface area contributed by atoms with Gasteiger partial charge < -0.3 is 46.4 Å². The summed E-state index contributed by atoms with van der Waals surface area (Å²) in [6.45, 7) is 29.0. The highest BCUT2D eigenvalue weighted by Crippen LogP contribution is 2.27. The zero-order valence-electron chi connectivity index (χ0n) is 40.4. The predicted octanol–water partition coefficient (Wildman–Crippen LogP) is 12.2. The molecule has 1 atom stereocenters. The zero-order chi connectivity index (χ0) is 43.4. The zero-order valence-corrected chi connectivity index (χ0v) is 42.9. The van der Waals surface area contributed by atoms with E-state index in [1.807, 2.05) is 55.4 Å². The molecule has 1 unspecified atom stereocenters. The summed E-state index contributed by atoms with van der Waals surface area (Å²) in [6, 6.07) is 1.92. The molecule has 58 heavy (non-hydrogen) atoms. The normalized spacial score (nSPS) is 13.0. The third-order valence-electron chi connectivity index (χ3n) is 10.1. The summed E-state index contributed by atoms with van der Waals surface area (Å²) in [4.78, 5) is 0. The third-order valence-corrected chi connectivity index (χ3v) is 15.7. The minimum Gasteiger partial charge on any atom is -0.374 e. The first kappa shape index (κ1) is 60.1. The van der Waals surface area contributed by atoms with Crippen molar-refractivity contribution in [3.05, 3.63) is 0 Å². The van der Waals surface area contributed by atoms with Gasteiger partial charge in [0.25, 0.3) is 5.97 Å². The van der Waals surface area contributed by atoms with Crippen molar-refractivity contribution in [3.63, 3.8) is 0 Å². The quantitative estimate of drug-likeness (QED) is 0.0335. The molecule has 0 heterocycles. The van der Waals surface area contributed by atoms with Crippen LogP contribution >= 0.6 is 0 Å². The molecule has 0 spiro atoms. The van der Waals surface area contributed by atoms with Crippen molar-refractivity contribution < 1.29 is 46.4 Å². The average Bonchev–Trinajstić information content (AvgIpc) is 3.20. The SMILES string of the molecule is CCCCCCCCCC(CCCCCCCCCCCC(OCC)(OCC)OCC)C(OCC)OCC.CCOC(OCC)[SiH2]CC[Si](OCC)(OCC)OCC. The van der Waals surface area contributed by atoms with Crippen LogP contribution in [0, 0.1) is 5.92 Å². The van der Waals surface area contributed by atoms with E-state index in [9.17, 15) is 0 Å². The van der Waals surface area contributed by atoms with Gasteiger partial charge in [-0.05, 0) is 88.5 Å². The van der Waals surface area contributed by atoms with Gasteiger partial charge in [-0.3, -0.25) is 0 Å². The van der Waals surface area contributed by atoms with E-state index in [0.717, 1.165) is 38.1 Å². The molecule has 0 aliphatic heterocycles. The lowest BCUT2D eigenvalue weighted by atomic mass is 9.93. The monoisotopic (exact) mass is 869 g/mol. The number of hydrogen-bond acceptors (Lipinski definition) is 10. The second kappa shape index (κ2) is 45.1. The maximum Gasteiger partial charge on any atom is 0.500 e. The van der Waals surface area contributed by atoms with E-state index in [-0.39, 0.29) is 12.2 Å². The molecule has 0 saturated heterocycles. The Kier molecular flexibility index (Phi) is 46.7. The molecule has 352 valence electrons. The summed E-state index contributed by atoms with van der Waals surface area (Å²) in [6.07, 6.45) is 24.4. The lowest BCUT2D eigenvalue weighted by molar-refractivity contribution is -0.380. The van der Waals surface area contributed by atoms with Crippen LogP contribution in [0.3, 0.4) is 0 Å². The number of ether oxygens (including phenoxy) is 7. The minimum atomic E-state index is -2.48. The van der Waals surface area contributed by atoms with Crippen LogP contribution in [0.15, 0.2) is 0 Å². The van der Waals surface area contributed by atoms with E-state index in [2.05, 4.69) is 20.8 Å². The lowest BCUT2D eigenvalue weighted by Gasteiger charge is -2.32. The van der Waals surface area contributed by atoms with Gasteiger partial charge in [0, 0.05) is 84.5 Å². The van der Waals surface area contributed by atoms with Crippen molar-refractivity contribution in [1.82, 2.24) is 0 Å². The van der Waals surface area contributed by atoms with Crippen molar-refractivity contribution >= 4 is 18.3 Å². The van der Waals surface area contributed by atoms with E-state index < -0.39 is 24.3 Å². The van der Waals surface area contributed by atoms with Crippen LogP contribution in [-0.2, 0) is 46.4 Å². The van der Waals surface area contributed by atoms with Crippen LogP contribution in [0.1, 0.15) is 198 Å². The molecule has 0 amide bonds. The molecule has 10 nitrogen and oxygen atoms in total. The molecule has 0 aromatic rings. The molecule has 0 aromatic carbocycles. The fourth-order valence-corrected chi connectivity index (χ4v) is 13.2. The largest absolute Gasteiger partial charge is 0.500 e. The molecule has 0 aromatic heterocycles. The summed E-state index contributed by atoms with van der Waals surface area (Å²) in [5, 5.41) is 0. The lowest BCUT2D eigenvalue weighted by Crippen LogP contribution is -2.46. The predicted molar refractivity (Wildman–Crippen MR) is 247 cm³/mol. The highest BCUT2D eigenvalue weighted by molar-refractivity contribution is 6.62. The number of unbranched alkanes of at least 4 members (excludes halogenated alkanes) is 14. The Morgan fingerprint density at radius 2 is 0.793 bits per heavy atom. The molecule has 12 heteroatoms. The smallest absolute Gasteiger partial charge is 0.374 e. The van der Waals surface area contributed by atoms with Crippen LogP contribution in [0.5, 0.6) is 0 Å². The minimum absolute atomic E-state index is 0.00146. The first-order valence-electron chi connectivity index (χ1n) is 24.6. The van der Waals surface area contributed by atoms with Gasteiger partial charge in [0.15, 0.2) is 6.29 Å². The number of rotatable bonds is 45. The molecule has 0 bridgehead atoms. The van der Waals surface area contributed by atoms with Crippen LogP contribution < -0.4 is 0 Å². The molecule has 0 saturated carbocycles. The van der Waals surface area contributed by atoms with Gasteiger partial charge in [0.1, 0.15) is 5.91 Å². The Hall–Kier alpha value is 0.0338. The summed E-state index contributed by atoms with van der Waals surface area (Å²) >= 11 is 0. The van der Waals surface area contributed by atoms with E-state index in [0.29, 0.717) is 58.8 Å². The van der Waals surface area contributed by atoms with E-state index >= 15 is 0 Å². The highest BCUT2D eigenvalue weighted by atomic mass is 28.4. The van der Waals surface area contributed by atoms with Gasteiger partial charge in [-0.2, -0.15) is 0 Å². The summed E-state index contributed by atoms with van der Waals surface area (Å²) in [7, 11) is -2.96. The van der Waals surface area contributed by atoms with Gasteiger partial charge in [-0.15, -0.1) is 0 Å². The highest BCUT2D eigenvalue weighted by Gasteiger charge is 2.40. The van der Waals surface area contributed by atoms with Crippen molar-refractivity contribution in [1.29, 1.82) is 0 Å². The molecule has 0 rings (SSSR count). The van der Waals surface area contributed by atoms with Gasteiger partial charge >= 0.3 is 8.80 Å². The average molecular weight is 869 g/mol. The standard InChI is InChI=1S/C33H68O5.C13H32O5Si2/c1-7-13-14-15-19-22-25-28-31(32(34-8-2)35-9-3)29-26-23-20-17-16-18-21-24-27-30-33(36-10-4,37-11-5)38-12-6;1-6-14-13(15-7-2)19-11-12-20(16-8-3,17-9-4)18-10-5/h31-32H,7-30H2,1-6H3;13H,6-12,19H2,1-5H3. The van der Waals surface area contributed by atoms with E-state index in [1.54, 1.807) is 0 Å². The van der Waals surface area contributed by atoms with Crippen LogP contribution in [0.25, 0.3) is 0 Å². The Balaban J connectivity index is 0. The second-order valence-electron chi connectivity index (χ2n) is 14.9. The van der Waals surface area contributed by atoms with Crippen molar-refractivity contribution in [3.8, 4) is 0 Å². The maximum absolute atomic E-state index is 6.01.